The minimum absolute atomic E-state index is 0.0554. The average molecular weight is 541 g/mol. The van der Waals surface area contributed by atoms with Crippen LogP contribution in [-0.4, -0.2) is 63.5 Å². The number of aryl methyl sites for hydroxylation is 1. The summed E-state index contributed by atoms with van der Waals surface area (Å²) >= 11 is 1.54. The smallest absolute Gasteiger partial charge is 0.309 e. The van der Waals surface area contributed by atoms with Crippen molar-refractivity contribution < 1.29 is 29.6 Å². The first-order chi connectivity index (χ1) is 17.2. The highest BCUT2D eigenvalue weighted by molar-refractivity contribution is 7.09. The lowest BCUT2D eigenvalue weighted by molar-refractivity contribution is -0.155. The molecular formula is C28H48N2O6S. The van der Waals surface area contributed by atoms with Crippen LogP contribution in [0.15, 0.2) is 11.0 Å². The Bertz CT molecular complexity index is 899. The Morgan fingerprint density at radius 2 is 1.81 bits per heavy atom. The number of thiazole rings is 1. The van der Waals surface area contributed by atoms with Gasteiger partial charge in [-0.25, -0.2) is 4.98 Å². The number of hydrogen-bond donors (Lipinski definition) is 4. The van der Waals surface area contributed by atoms with Gasteiger partial charge in [0.05, 0.1) is 34.7 Å². The number of cyclic esters (lactones) is 1. The predicted molar refractivity (Wildman–Crippen MR) is 148 cm³/mol. The maximum Gasteiger partial charge on any atom is 0.309 e. The van der Waals surface area contributed by atoms with Crippen molar-refractivity contribution in [2.24, 2.45) is 28.9 Å². The Morgan fingerprint density at radius 1 is 1.19 bits per heavy atom. The van der Waals surface area contributed by atoms with Crippen LogP contribution in [0.2, 0.25) is 0 Å². The summed E-state index contributed by atoms with van der Waals surface area (Å²) in [7, 11) is 1.00. The summed E-state index contributed by atoms with van der Waals surface area (Å²) in [4.78, 5) is 30.6. The molecular weight excluding hydrogens is 492 g/mol. The fourth-order valence-corrected chi connectivity index (χ4v) is 5.52. The second kappa shape index (κ2) is 15.1. The number of esters is 1. The van der Waals surface area contributed by atoms with Crippen LogP contribution >= 0.6 is 11.3 Å². The van der Waals surface area contributed by atoms with Gasteiger partial charge in [0.2, 0.25) is 0 Å². The number of nitrogens with zero attached hydrogens (tertiary/aromatic N) is 1. The van der Waals surface area contributed by atoms with Gasteiger partial charge in [0.25, 0.3) is 0 Å². The summed E-state index contributed by atoms with van der Waals surface area (Å²) in [5, 5.41) is 31.6. The number of carbonyl (C=O) groups excluding carboxylic acids is 2. The van der Waals surface area contributed by atoms with Crippen LogP contribution in [-0.2, 0) is 14.3 Å². The van der Waals surface area contributed by atoms with E-state index in [1.165, 1.54) is 0 Å². The quantitative estimate of drug-likeness (QED) is 0.414. The topological polar surface area (TPSA) is 143 Å². The number of nitrogens with two attached hydrogens (primary N) is 1. The van der Waals surface area contributed by atoms with Gasteiger partial charge in [-0.15, -0.1) is 11.3 Å². The van der Waals surface area contributed by atoms with Crippen molar-refractivity contribution in [1.29, 1.82) is 0 Å². The minimum Gasteiger partial charge on any atom is -0.456 e. The molecule has 212 valence electrons. The maximum absolute atomic E-state index is 13.2. The Kier molecular flexibility index (Phi) is 13.6. The van der Waals surface area contributed by atoms with E-state index in [0.717, 1.165) is 42.6 Å². The van der Waals surface area contributed by atoms with Crippen molar-refractivity contribution in [3.05, 3.63) is 21.7 Å². The zero-order valence-corrected chi connectivity index (χ0v) is 24.5. The molecule has 7 atom stereocenters. The number of carbonyl (C=O) groups is 2. The molecule has 1 fully saturated rings. The molecule has 8 nitrogen and oxygen atoms in total. The number of Topliss-reactive ketones (excluding diaryl/α,β-unsaturated/α-hetero) is 1. The summed E-state index contributed by atoms with van der Waals surface area (Å²) < 4.78 is 5.84. The van der Waals surface area contributed by atoms with Crippen molar-refractivity contribution in [2.75, 3.05) is 7.11 Å². The lowest BCUT2D eigenvalue weighted by Gasteiger charge is -2.35. The van der Waals surface area contributed by atoms with E-state index in [9.17, 15) is 19.8 Å². The van der Waals surface area contributed by atoms with E-state index in [0.29, 0.717) is 12.3 Å². The largest absolute Gasteiger partial charge is 0.456 e. The zero-order valence-electron chi connectivity index (χ0n) is 23.7. The van der Waals surface area contributed by atoms with Crippen molar-refractivity contribution in [2.45, 2.75) is 105 Å². The van der Waals surface area contributed by atoms with E-state index in [2.05, 4.69) is 11.9 Å². The first-order valence-corrected chi connectivity index (χ1v) is 14.0. The van der Waals surface area contributed by atoms with Gasteiger partial charge in [0.1, 0.15) is 11.9 Å². The third kappa shape index (κ3) is 9.55. The van der Waals surface area contributed by atoms with E-state index in [4.69, 9.17) is 15.6 Å². The molecule has 0 amide bonds. The summed E-state index contributed by atoms with van der Waals surface area (Å²) in [6.45, 7) is 12.8. The molecule has 0 bridgehead atoms. The molecule has 1 saturated heterocycles. The van der Waals surface area contributed by atoms with Crippen LogP contribution in [0.5, 0.6) is 0 Å². The molecule has 0 aromatic carbocycles. The SMILES string of the molecule is C/C(=C\c1csc(C)n1)C1OC(=O)CC(O)C(C)(C)C(=O)C(C)C(O)C(C)CCCC(C)CC1N.CO. The highest BCUT2D eigenvalue weighted by Crippen LogP contribution is 2.33. The highest BCUT2D eigenvalue weighted by atomic mass is 32.1. The Balaban J connectivity index is 0.00000334. The molecule has 0 aliphatic carbocycles. The number of aliphatic hydroxyl groups is 3. The molecule has 1 aromatic rings. The number of aliphatic hydroxyl groups excluding tert-OH is 3. The van der Waals surface area contributed by atoms with Crippen molar-refractivity contribution in [3.8, 4) is 0 Å². The monoisotopic (exact) mass is 540 g/mol. The maximum atomic E-state index is 13.2. The molecule has 0 saturated carbocycles. The standard InChI is InChI=1S/C27H44N2O5S.CH4O/c1-15-9-8-10-16(2)24(32)18(4)26(33)27(6,7)22(30)13-23(31)34-25(21(28)11-15)17(3)12-20-14-35-19(5)29-20;1-2/h12,14-16,18,21-22,24-25,30,32H,8-11,13,28H2,1-7H3;2H,1H3/b17-12+;. The molecule has 9 heteroatoms. The fraction of sp³-hybridized carbons (Fsp3) is 0.750. The van der Waals surface area contributed by atoms with E-state index >= 15 is 0 Å². The lowest BCUT2D eigenvalue weighted by Crippen LogP contribution is -2.46. The first kappa shape index (κ1) is 33.4. The summed E-state index contributed by atoms with van der Waals surface area (Å²) in [5.74, 6) is -1.28. The van der Waals surface area contributed by atoms with E-state index < -0.39 is 41.7 Å². The Labute approximate surface area is 226 Å². The van der Waals surface area contributed by atoms with Crippen molar-refractivity contribution >= 4 is 29.2 Å². The second-order valence-corrected chi connectivity index (χ2v) is 12.2. The number of ether oxygens (including phenoxy) is 1. The summed E-state index contributed by atoms with van der Waals surface area (Å²) in [6, 6.07) is -0.423. The van der Waals surface area contributed by atoms with E-state index in [-0.39, 0.29) is 18.1 Å². The molecule has 0 spiro atoms. The minimum atomic E-state index is -1.25. The average Bonchev–Trinajstić information content (AvgIpc) is 3.25. The second-order valence-electron chi connectivity index (χ2n) is 11.1. The van der Waals surface area contributed by atoms with Gasteiger partial charge in [0, 0.05) is 24.4 Å². The van der Waals surface area contributed by atoms with E-state index in [1.807, 2.05) is 32.2 Å². The third-order valence-electron chi connectivity index (χ3n) is 7.48. The lowest BCUT2D eigenvalue weighted by atomic mass is 9.73. The van der Waals surface area contributed by atoms with Gasteiger partial charge in [0.15, 0.2) is 0 Å². The molecule has 1 aliphatic heterocycles. The Hall–Kier alpha value is -1.65. The van der Waals surface area contributed by atoms with Crippen LogP contribution in [0.1, 0.15) is 84.3 Å². The molecule has 2 heterocycles. The normalized spacial score (nSPS) is 32.8. The van der Waals surface area contributed by atoms with Crippen LogP contribution in [0, 0.1) is 30.1 Å². The van der Waals surface area contributed by atoms with Crippen molar-refractivity contribution in [1.82, 2.24) is 4.98 Å². The van der Waals surface area contributed by atoms with E-state index in [1.54, 1.807) is 32.1 Å². The van der Waals surface area contributed by atoms with Crippen LogP contribution in [0.4, 0.5) is 0 Å². The van der Waals surface area contributed by atoms with Gasteiger partial charge in [-0.2, -0.15) is 0 Å². The fourth-order valence-electron chi connectivity index (χ4n) is 4.95. The third-order valence-corrected chi connectivity index (χ3v) is 8.27. The number of hydrogen-bond acceptors (Lipinski definition) is 9. The van der Waals surface area contributed by atoms with Gasteiger partial charge >= 0.3 is 5.97 Å². The molecule has 1 aliphatic rings. The predicted octanol–water partition coefficient (Wildman–Crippen LogP) is 3.89. The molecule has 5 N–H and O–H groups in total. The van der Waals surface area contributed by atoms with Gasteiger partial charge < -0.3 is 25.8 Å². The first-order valence-electron chi connectivity index (χ1n) is 13.1. The van der Waals surface area contributed by atoms with Crippen molar-refractivity contribution in [3.63, 3.8) is 0 Å². The molecule has 37 heavy (non-hydrogen) atoms. The molecule has 1 aromatic heterocycles. The van der Waals surface area contributed by atoms with Gasteiger partial charge in [-0.1, -0.05) is 47.5 Å². The highest BCUT2D eigenvalue weighted by Gasteiger charge is 2.42. The van der Waals surface area contributed by atoms with Crippen LogP contribution < -0.4 is 5.73 Å². The van der Waals surface area contributed by atoms with Gasteiger partial charge in [-0.3, -0.25) is 9.59 Å². The van der Waals surface area contributed by atoms with Gasteiger partial charge in [-0.05, 0) is 50.2 Å². The number of rotatable bonds is 2. The molecule has 0 radical (unpaired) electrons. The molecule has 2 rings (SSSR count). The molecule has 7 unspecified atom stereocenters. The van der Waals surface area contributed by atoms with Crippen LogP contribution in [0.25, 0.3) is 6.08 Å². The summed E-state index contributed by atoms with van der Waals surface area (Å²) in [6.07, 6.45) is 2.12. The van der Waals surface area contributed by atoms with Crippen LogP contribution in [0.3, 0.4) is 0 Å². The number of aromatic nitrogens is 1. The Morgan fingerprint density at radius 3 is 2.38 bits per heavy atom. The summed E-state index contributed by atoms with van der Waals surface area (Å²) in [5.41, 5.74) is 6.95. The zero-order chi connectivity index (χ0) is 28.5. The number of ketones is 1.